The van der Waals surface area contributed by atoms with Crippen LogP contribution in [0.1, 0.15) is 19.8 Å². The predicted molar refractivity (Wildman–Crippen MR) is 89.1 cm³/mol. The normalized spacial score (nSPS) is 11.0. The summed E-state index contributed by atoms with van der Waals surface area (Å²) in [5.74, 6) is -0.362. The van der Waals surface area contributed by atoms with Crippen LogP contribution in [0.4, 0.5) is 9.52 Å². The van der Waals surface area contributed by atoms with Crippen molar-refractivity contribution in [1.29, 1.82) is 0 Å². The molecule has 0 spiro atoms. The minimum atomic E-state index is -0.361. The van der Waals surface area contributed by atoms with Crippen molar-refractivity contribution >= 4 is 32.6 Å². The zero-order valence-electron chi connectivity index (χ0n) is 12.8. The summed E-state index contributed by atoms with van der Waals surface area (Å²) in [6.45, 7) is 2.99. The van der Waals surface area contributed by atoms with Crippen LogP contribution in [0.5, 0.6) is 0 Å². The number of aromatic nitrogens is 3. The maximum absolute atomic E-state index is 13.8. The van der Waals surface area contributed by atoms with Gasteiger partial charge in [-0.25, -0.2) is 9.37 Å². The highest BCUT2D eigenvalue weighted by molar-refractivity contribution is 7.22. The monoisotopic (exact) mass is 332 g/mol. The lowest BCUT2D eigenvalue weighted by atomic mass is 10.3. The molecule has 0 atom stereocenters. The number of rotatable bonds is 6. The number of hydrogen-bond donors (Lipinski definition) is 0. The number of halogens is 1. The van der Waals surface area contributed by atoms with Gasteiger partial charge in [-0.15, -0.1) is 0 Å². The first kappa shape index (κ1) is 15.6. The zero-order valence-corrected chi connectivity index (χ0v) is 13.6. The third kappa shape index (κ3) is 3.39. The predicted octanol–water partition coefficient (Wildman–Crippen LogP) is 3.47. The van der Waals surface area contributed by atoms with Gasteiger partial charge in [-0.05, 0) is 24.6 Å². The lowest BCUT2D eigenvalue weighted by Crippen LogP contribution is -2.33. The second-order valence-electron chi connectivity index (χ2n) is 5.15. The van der Waals surface area contributed by atoms with Gasteiger partial charge in [0.05, 0.1) is 11.2 Å². The van der Waals surface area contributed by atoms with Crippen LogP contribution in [0.3, 0.4) is 0 Å². The number of carbonyl (C=O) groups excluding carboxylic acids is 1. The highest BCUT2D eigenvalue weighted by atomic mass is 32.1. The fourth-order valence-electron chi connectivity index (χ4n) is 2.33. The fraction of sp³-hybridized carbons (Fsp3) is 0.312. The van der Waals surface area contributed by atoms with E-state index in [1.54, 1.807) is 21.8 Å². The summed E-state index contributed by atoms with van der Waals surface area (Å²) in [4.78, 5) is 18.4. The van der Waals surface area contributed by atoms with Crippen molar-refractivity contribution in [3.05, 3.63) is 42.5 Å². The SMILES string of the molecule is CCCC(=O)N(CCn1cccn1)c1nc2c(F)cccc2s1. The Kier molecular flexibility index (Phi) is 4.66. The van der Waals surface area contributed by atoms with Crippen LogP contribution < -0.4 is 4.90 Å². The maximum Gasteiger partial charge on any atom is 0.228 e. The number of benzene rings is 1. The van der Waals surface area contributed by atoms with Crippen LogP contribution in [-0.2, 0) is 11.3 Å². The van der Waals surface area contributed by atoms with Gasteiger partial charge in [-0.3, -0.25) is 14.4 Å². The van der Waals surface area contributed by atoms with Crippen LogP contribution in [0.2, 0.25) is 0 Å². The van der Waals surface area contributed by atoms with Gasteiger partial charge in [-0.2, -0.15) is 5.10 Å². The summed E-state index contributed by atoms with van der Waals surface area (Å²) in [5.41, 5.74) is 0.320. The van der Waals surface area contributed by atoms with Crippen molar-refractivity contribution in [2.45, 2.75) is 26.3 Å². The molecule has 7 heteroatoms. The number of thiazole rings is 1. The molecule has 2 heterocycles. The third-order valence-corrected chi connectivity index (χ3v) is 4.51. The molecule has 1 aromatic carbocycles. The lowest BCUT2D eigenvalue weighted by molar-refractivity contribution is -0.118. The molecule has 0 unspecified atom stereocenters. The van der Waals surface area contributed by atoms with Gasteiger partial charge >= 0.3 is 0 Å². The van der Waals surface area contributed by atoms with Crippen LogP contribution >= 0.6 is 11.3 Å². The lowest BCUT2D eigenvalue weighted by Gasteiger charge is -2.19. The van der Waals surface area contributed by atoms with Crippen LogP contribution in [-0.4, -0.2) is 27.2 Å². The first-order valence-electron chi connectivity index (χ1n) is 7.52. The van der Waals surface area contributed by atoms with E-state index in [-0.39, 0.29) is 11.7 Å². The van der Waals surface area contributed by atoms with Crippen molar-refractivity contribution in [1.82, 2.24) is 14.8 Å². The van der Waals surface area contributed by atoms with E-state index in [2.05, 4.69) is 10.1 Å². The molecule has 0 aliphatic rings. The summed E-state index contributed by atoms with van der Waals surface area (Å²) in [7, 11) is 0. The molecule has 1 amide bonds. The van der Waals surface area contributed by atoms with Crippen LogP contribution in [0.15, 0.2) is 36.7 Å². The highest BCUT2D eigenvalue weighted by Crippen LogP contribution is 2.30. The van der Waals surface area contributed by atoms with Crippen molar-refractivity contribution in [3.8, 4) is 0 Å². The molecular formula is C16H17FN4OS. The van der Waals surface area contributed by atoms with E-state index in [4.69, 9.17) is 0 Å². The van der Waals surface area contributed by atoms with Crippen LogP contribution in [0, 0.1) is 5.82 Å². The van der Waals surface area contributed by atoms with Gasteiger partial charge in [0.15, 0.2) is 5.13 Å². The van der Waals surface area contributed by atoms with Gasteiger partial charge in [0.2, 0.25) is 5.91 Å². The molecular weight excluding hydrogens is 315 g/mol. The number of para-hydroxylation sites is 1. The molecule has 0 fully saturated rings. The molecule has 120 valence electrons. The zero-order chi connectivity index (χ0) is 16.2. The Hall–Kier alpha value is -2.28. The fourth-order valence-corrected chi connectivity index (χ4v) is 3.35. The molecule has 0 bridgehead atoms. The Morgan fingerprint density at radius 2 is 2.26 bits per heavy atom. The first-order valence-corrected chi connectivity index (χ1v) is 8.33. The molecule has 5 nitrogen and oxygen atoms in total. The van der Waals surface area contributed by atoms with Gasteiger partial charge in [0, 0.05) is 25.4 Å². The van der Waals surface area contributed by atoms with E-state index >= 15 is 0 Å². The molecule has 0 saturated heterocycles. The number of carbonyl (C=O) groups is 1. The van der Waals surface area contributed by atoms with E-state index in [0.717, 1.165) is 11.1 Å². The third-order valence-electron chi connectivity index (χ3n) is 3.47. The molecule has 2 aromatic heterocycles. The average molecular weight is 332 g/mol. The largest absolute Gasteiger partial charge is 0.286 e. The van der Waals surface area contributed by atoms with E-state index in [1.807, 2.05) is 25.3 Å². The Morgan fingerprint density at radius 3 is 2.96 bits per heavy atom. The van der Waals surface area contributed by atoms with E-state index < -0.39 is 0 Å². The first-order chi connectivity index (χ1) is 11.2. The van der Waals surface area contributed by atoms with Gasteiger partial charge in [-0.1, -0.05) is 24.3 Å². The second kappa shape index (κ2) is 6.87. The van der Waals surface area contributed by atoms with Crippen LogP contribution in [0.25, 0.3) is 10.2 Å². The Labute approximate surface area is 137 Å². The van der Waals surface area contributed by atoms with Crippen molar-refractivity contribution in [2.75, 3.05) is 11.4 Å². The highest BCUT2D eigenvalue weighted by Gasteiger charge is 2.20. The van der Waals surface area contributed by atoms with Crippen molar-refractivity contribution in [2.24, 2.45) is 0 Å². The number of hydrogen-bond acceptors (Lipinski definition) is 4. The van der Waals surface area contributed by atoms with Gasteiger partial charge in [0.25, 0.3) is 0 Å². The second-order valence-corrected chi connectivity index (χ2v) is 6.16. The molecule has 0 aliphatic carbocycles. The molecule has 0 radical (unpaired) electrons. The topological polar surface area (TPSA) is 51.0 Å². The molecule has 3 rings (SSSR count). The Balaban J connectivity index is 1.89. The number of fused-ring (bicyclic) bond motifs is 1. The van der Waals surface area contributed by atoms with Gasteiger partial charge < -0.3 is 0 Å². The number of nitrogens with zero attached hydrogens (tertiary/aromatic N) is 4. The molecule has 0 saturated carbocycles. The maximum atomic E-state index is 13.8. The van der Waals surface area contributed by atoms with E-state index in [9.17, 15) is 9.18 Å². The van der Waals surface area contributed by atoms with Gasteiger partial charge in [0.1, 0.15) is 11.3 Å². The quantitative estimate of drug-likeness (QED) is 0.694. The molecule has 3 aromatic rings. The van der Waals surface area contributed by atoms with Crippen molar-refractivity contribution < 1.29 is 9.18 Å². The Morgan fingerprint density at radius 1 is 1.39 bits per heavy atom. The minimum Gasteiger partial charge on any atom is -0.286 e. The smallest absolute Gasteiger partial charge is 0.228 e. The standard InChI is InChI=1S/C16H17FN4OS/c1-2-5-14(22)21(11-10-20-9-4-8-18-20)16-19-15-12(17)6-3-7-13(15)23-16/h3-4,6-9H,2,5,10-11H2,1H3. The molecule has 0 N–H and O–H groups in total. The molecule has 0 aliphatic heterocycles. The van der Waals surface area contributed by atoms with E-state index in [0.29, 0.717) is 30.2 Å². The summed E-state index contributed by atoms with van der Waals surface area (Å²) in [6.07, 6.45) is 4.75. The summed E-state index contributed by atoms with van der Waals surface area (Å²) in [5, 5.41) is 4.68. The summed E-state index contributed by atoms with van der Waals surface area (Å²) in [6, 6.07) is 6.69. The minimum absolute atomic E-state index is 0.000814. The summed E-state index contributed by atoms with van der Waals surface area (Å²) < 4.78 is 16.4. The van der Waals surface area contributed by atoms with E-state index in [1.165, 1.54) is 17.4 Å². The molecule has 23 heavy (non-hydrogen) atoms. The number of amides is 1. The van der Waals surface area contributed by atoms with Crippen molar-refractivity contribution in [3.63, 3.8) is 0 Å². The Bertz CT molecular complexity index is 800. The summed E-state index contributed by atoms with van der Waals surface area (Å²) >= 11 is 1.34. The number of anilines is 1. The average Bonchev–Trinajstić information content (AvgIpc) is 3.18.